The third-order valence-corrected chi connectivity index (χ3v) is 4.98. The van der Waals surface area contributed by atoms with E-state index < -0.39 is 18.2 Å². The molecule has 0 radical (unpaired) electrons. The monoisotopic (exact) mass is 443 g/mol. The number of carbonyl (C=O) groups is 2. The summed E-state index contributed by atoms with van der Waals surface area (Å²) in [7, 11) is 0. The van der Waals surface area contributed by atoms with Gasteiger partial charge in [0.25, 0.3) is 0 Å². The number of ether oxygens (including phenoxy) is 1. The van der Waals surface area contributed by atoms with Gasteiger partial charge in [-0.3, -0.25) is 9.59 Å². The van der Waals surface area contributed by atoms with Crippen LogP contribution in [-0.2, 0) is 9.59 Å². The first-order chi connectivity index (χ1) is 14.5. The normalized spacial score (nSPS) is 10.9. The third-order valence-electron chi connectivity index (χ3n) is 4.16. The van der Waals surface area contributed by atoms with E-state index in [1.807, 2.05) is 43.3 Å². The zero-order valence-electron chi connectivity index (χ0n) is 16.1. The quantitative estimate of drug-likeness (QED) is 0.305. The Bertz CT molecular complexity index is 1120. The van der Waals surface area contributed by atoms with Crippen LogP contribution in [0.15, 0.2) is 59.7 Å². The molecular weight excluding hydrogens is 425 g/mol. The molecule has 154 valence electrons. The van der Waals surface area contributed by atoms with Gasteiger partial charge in [-0.25, -0.2) is 5.43 Å². The topological polar surface area (TPSA) is 79.8 Å². The van der Waals surface area contributed by atoms with Crippen LogP contribution in [0.1, 0.15) is 18.9 Å². The Morgan fingerprint density at radius 3 is 2.63 bits per heavy atom. The highest BCUT2D eigenvalue weighted by Gasteiger charge is 2.12. The van der Waals surface area contributed by atoms with Crippen LogP contribution in [-0.4, -0.2) is 24.6 Å². The van der Waals surface area contributed by atoms with Gasteiger partial charge in [-0.1, -0.05) is 59.6 Å². The Hall–Kier alpha value is -3.09. The highest BCUT2D eigenvalue weighted by molar-refractivity contribution is 6.44. The van der Waals surface area contributed by atoms with Crippen molar-refractivity contribution in [1.82, 2.24) is 5.43 Å². The Morgan fingerprint density at radius 1 is 1.03 bits per heavy atom. The van der Waals surface area contributed by atoms with Gasteiger partial charge in [-0.15, -0.1) is 0 Å². The van der Waals surface area contributed by atoms with E-state index in [2.05, 4.69) is 15.8 Å². The van der Waals surface area contributed by atoms with Gasteiger partial charge in [0.15, 0.2) is 0 Å². The first kappa shape index (κ1) is 21.6. The summed E-state index contributed by atoms with van der Waals surface area (Å²) in [6, 6.07) is 16.4. The highest BCUT2D eigenvalue weighted by atomic mass is 35.5. The van der Waals surface area contributed by atoms with Gasteiger partial charge in [-0.2, -0.15) is 5.10 Å². The molecule has 0 spiro atoms. The lowest BCUT2D eigenvalue weighted by atomic mass is 10.0. The van der Waals surface area contributed by atoms with E-state index in [1.165, 1.54) is 6.21 Å². The number of halogens is 2. The second-order valence-electron chi connectivity index (χ2n) is 6.25. The minimum atomic E-state index is -0.569. The fourth-order valence-corrected chi connectivity index (χ4v) is 3.19. The first-order valence-electron chi connectivity index (χ1n) is 9.20. The molecule has 0 aromatic heterocycles. The van der Waals surface area contributed by atoms with Crippen LogP contribution in [0.5, 0.6) is 5.75 Å². The SMILES string of the molecule is CCOc1ccc2ccccc2c1C=NNC(=O)CC(=O)Nc1cccc(Cl)c1Cl. The lowest BCUT2D eigenvalue weighted by Crippen LogP contribution is -2.24. The third kappa shape index (κ3) is 5.28. The molecule has 3 rings (SSSR count). The summed E-state index contributed by atoms with van der Waals surface area (Å²) in [5, 5.41) is 9.03. The van der Waals surface area contributed by atoms with Crippen molar-refractivity contribution in [2.75, 3.05) is 11.9 Å². The van der Waals surface area contributed by atoms with E-state index in [4.69, 9.17) is 27.9 Å². The van der Waals surface area contributed by atoms with Gasteiger partial charge >= 0.3 is 0 Å². The lowest BCUT2D eigenvalue weighted by Gasteiger charge is -2.10. The maximum atomic E-state index is 12.1. The van der Waals surface area contributed by atoms with Crippen molar-refractivity contribution in [2.45, 2.75) is 13.3 Å². The number of anilines is 1. The van der Waals surface area contributed by atoms with Gasteiger partial charge in [-0.05, 0) is 35.9 Å². The molecule has 0 saturated carbocycles. The molecule has 0 fully saturated rings. The van der Waals surface area contributed by atoms with Crippen molar-refractivity contribution >= 4 is 57.7 Å². The Morgan fingerprint density at radius 2 is 1.83 bits per heavy atom. The molecule has 0 aliphatic rings. The van der Waals surface area contributed by atoms with Crippen molar-refractivity contribution in [2.24, 2.45) is 5.10 Å². The molecule has 2 N–H and O–H groups in total. The van der Waals surface area contributed by atoms with Crippen LogP contribution in [0.3, 0.4) is 0 Å². The molecular formula is C22H19Cl2N3O3. The number of hydrazone groups is 1. The van der Waals surface area contributed by atoms with Crippen LogP contribution in [0.2, 0.25) is 10.0 Å². The van der Waals surface area contributed by atoms with E-state index in [-0.39, 0.29) is 5.02 Å². The van der Waals surface area contributed by atoms with E-state index in [0.717, 1.165) is 16.3 Å². The zero-order chi connectivity index (χ0) is 21.5. The van der Waals surface area contributed by atoms with E-state index in [9.17, 15) is 9.59 Å². The van der Waals surface area contributed by atoms with Crippen molar-refractivity contribution in [1.29, 1.82) is 0 Å². The number of benzene rings is 3. The molecule has 0 saturated heterocycles. The average Bonchev–Trinajstić information content (AvgIpc) is 2.73. The molecule has 3 aromatic rings. The molecule has 30 heavy (non-hydrogen) atoms. The van der Waals surface area contributed by atoms with Crippen LogP contribution >= 0.6 is 23.2 Å². The first-order valence-corrected chi connectivity index (χ1v) is 9.95. The summed E-state index contributed by atoms with van der Waals surface area (Å²) in [6.07, 6.45) is 1.09. The van der Waals surface area contributed by atoms with Crippen molar-refractivity contribution < 1.29 is 14.3 Å². The molecule has 6 nitrogen and oxygen atoms in total. The molecule has 0 bridgehead atoms. The Labute approximate surface area is 183 Å². The van der Waals surface area contributed by atoms with Gasteiger partial charge in [0, 0.05) is 5.56 Å². The van der Waals surface area contributed by atoms with E-state index in [1.54, 1.807) is 18.2 Å². The minimum absolute atomic E-state index is 0.213. The van der Waals surface area contributed by atoms with Crippen LogP contribution in [0.4, 0.5) is 5.69 Å². The summed E-state index contributed by atoms with van der Waals surface area (Å²) in [6.45, 7) is 2.39. The number of carbonyl (C=O) groups excluding carboxylic acids is 2. The average molecular weight is 444 g/mol. The molecule has 2 amide bonds. The molecule has 0 aliphatic carbocycles. The predicted octanol–water partition coefficient (Wildman–Crippen LogP) is 5.02. The van der Waals surface area contributed by atoms with Crippen molar-refractivity contribution in [3.05, 3.63) is 70.2 Å². The van der Waals surface area contributed by atoms with Crippen molar-refractivity contribution in [3.8, 4) is 5.75 Å². The molecule has 8 heteroatoms. The van der Waals surface area contributed by atoms with Crippen LogP contribution < -0.4 is 15.5 Å². The second kappa shape index (κ2) is 10.1. The maximum Gasteiger partial charge on any atom is 0.249 e. The van der Waals surface area contributed by atoms with Crippen LogP contribution in [0, 0.1) is 0 Å². The Kier molecular flexibility index (Phi) is 7.27. The minimum Gasteiger partial charge on any atom is -0.493 e. The number of amides is 2. The summed E-state index contributed by atoms with van der Waals surface area (Å²) < 4.78 is 5.66. The fraction of sp³-hybridized carbons (Fsp3) is 0.136. The Balaban J connectivity index is 1.66. The number of nitrogens with one attached hydrogen (secondary N) is 2. The van der Waals surface area contributed by atoms with Gasteiger partial charge < -0.3 is 10.1 Å². The van der Waals surface area contributed by atoms with Gasteiger partial charge in [0.1, 0.15) is 12.2 Å². The number of hydrogen-bond acceptors (Lipinski definition) is 4. The van der Waals surface area contributed by atoms with Gasteiger partial charge in [0.05, 0.1) is 28.6 Å². The van der Waals surface area contributed by atoms with Crippen molar-refractivity contribution in [3.63, 3.8) is 0 Å². The number of hydrogen-bond donors (Lipinski definition) is 2. The summed E-state index contributed by atoms with van der Waals surface area (Å²) >= 11 is 11.9. The summed E-state index contributed by atoms with van der Waals surface area (Å²) in [4.78, 5) is 24.2. The zero-order valence-corrected chi connectivity index (χ0v) is 17.6. The fourth-order valence-electron chi connectivity index (χ4n) is 2.84. The predicted molar refractivity (Wildman–Crippen MR) is 121 cm³/mol. The lowest BCUT2D eigenvalue weighted by molar-refractivity contribution is -0.126. The largest absolute Gasteiger partial charge is 0.493 e. The number of rotatable bonds is 7. The van der Waals surface area contributed by atoms with E-state index >= 15 is 0 Å². The van der Waals surface area contributed by atoms with Crippen LogP contribution in [0.25, 0.3) is 10.8 Å². The molecule has 3 aromatic carbocycles. The highest BCUT2D eigenvalue weighted by Crippen LogP contribution is 2.29. The molecule has 0 aliphatic heterocycles. The van der Waals surface area contributed by atoms with E-state index in [0.29, 0.717) is 23.1 Å². The summed E-state index contributed by atoms with van der Waals surface area (Å²) in [5.41, 5.74) is 3.44. The molecule has 0 heterocycles. The molecule has 0 atom stereocenters. The maximum absolute atomic E-state index is 12.1. The smallest absolute Gasteiger partial charge is 0.249 e. The standard InChI is InChI=1S/C22H19Cl2N3O3/c1-2-30-19-11-10-14-6-3-4-7-15(14)16(19)13-25-27-21(29)12-20(28)26-18-9-5-8-17(23)22(18)24/h3-11,13H,2,12H2,1H3,(H,26,28)(H,27,29). The molecule has 0 unspecified atom stereocenters. The summed E-state index contributed by atoms with van der Waals surface area (Å²) in [5.74, 6) is -0.449. The number of fused-ring (bicyclic) bond motifs is 1. The number of nitrogens with zero attached hydrogens (tertiary/aromatic N) is 1. The van der Waals surface area contributed by atoms with Gasteiger partial charge in [0.2, 0.25) is 11.8 Å². The second-order valence-corrected chi connectivity index (χ2v) is 7.04.